The average molecular weight is 286 g/mol. The highest BCUT2D eigenvalue weighted by Crippen LogP contribution is 2.12. The second-order valence-electron chi connectivity index (χ2n) is 5.24. The summed E-state index contributed by atoms with van der Waals surface area (Å²) in [5, 5.41) is 15.0. The van der Waals surface area contributed by atoms with Gasteiger partial charge in [-0.1, -0.05) is 18.2 Å². The number of rotatable bonds is 3. The van der Waals surface area contributed by atoms with Crippen LogP contribution >= 0.6 is 0 Å². The van der Waals surface area contributed by atoms with E-state index < -0.39 is 0 Å². The van der Waals surface area contributed by atoms with Gasteiger partial charge in [0.25, 0.3) is 5.56 Å². The number of para-hydroxylation sites is 1. The van der Waals surface area contributed by atoms with Gasteiger partial charge in [0.1, 0.15) is 0 Å². The molecule has 6 heteroatoms. The molecule has 6 nitrogen and oxygen atoms in total. The Labute approximate surface area is 122 Å². The molecule has 0 radical (unpaired) electrons. The first-order valence-electron chi connectivity index (χ1n) is 7.11. The summed E-state index contributed by atoms with van der Waals surface area (Å²) in [5.74, 6) is -0.364. The maximum atomic E-state index is 11.7. The Morgan fingerprint density at radius 3 is 2.52 bits per heavy atom. The molecule has 0 spiro atoms. The van der Waals surface area contributed by atoms with Crippen molar-refractivity contribution in [2.75, 3.05) is 31.1 Å². The van der Waals surface area contributed by atoms with Crippen molar-refractivity contribution in [1.29, 1.82) is 0 Å². The highest BCUT2D eigenvalue weighted by molar-refractivity contribution is 5.45. The third kappa shape index (κ3) is 3.22. The molecule has 1 fully saturated rings. The van der Waals surface area contributed by atoms with Crippen molar-refractivity contribution in [3.05, 3.63) is 52.8 Å². The Bertz CT molecular complexity index is 648. The molecule has 1 aliphatic rings. The molecule has 1 aromatic carbocycles. The fourth-order valence-electron chi connectivity index (χ4n) is 2.63. The van der Waals surface area contributed by atoms with Crippen LogP contribution in [0.1, 0.15) is 0 Å². The van der Waals surface area contributed by atoms with Crippen molar-refractivity contribution in [2.24, 2.45) is 0 Å². The standard InChI is InChI=1S/C15H18N4O2/c20-14-6-7-15(21)19(16-14)12-17-8-10-18(11-9-17)13-4-2-1-3-5-13/h1-7H,8-12H2,(H,16,20). The molecule has 3 rings (SSSR count). The summed E-state index contributed by atoms with van der Waals surface area (Å²) in [6.07, 6.45) is 0. The fourth-order valence-corrected chi connectivity index (χ4v) is 2.63. The van der Waals surface area contributed by atoms with Gasteiger partial charge in [-0.3, -0.25) is 4.79 Å². The molecule has 0 unspecified atom stereocenters. The minimum atomic E-state index is -0.364. The molecule has 0 bridgehead atoms. The number of benzene rings is 1. The summed E-state index contributed by atoms with van der Waals surface area (Å²) in [5.41, 5.74) is 1.01. The summed E-state index contributed by atoms with van der Waals surface area (Å²) in [7, 11) is 0. The Balaban J connectivity index is 1.61. The third-order valence-corrected chi connectivity index (χ3v) is 3.81. The van der Waals surface area contributed by atoms with E-state index in [1.165, 1.54) is 27.4 Å². The van der Waals surface area contributed by atoms with Gasteiger partial charge in [0.2, 0.25) is 0 Å². The van der Waals surface area contributed by atoms with Crippen LogP contribution in [-0.2, 0) is 6.67 Å². The first kappa shape index (κ1) is 13.6. The Morgan fingerprint density at radius 2 is 1.81 bits per heavy atom. The maximum Gasteiger partial charge on any atom is 0.271 e. The Hall–Kier alpha value is -2.34. The van der Waals surface area contributed by atoms with E-state index in [2.05, 4.69) is 22.1 Å². The topological polar surface area (TPSA) is 65.6 Å². The number of aromatic nitrogens is 2. The smallest absolute Gasteiger partial charge is 0.271 e. The molecule has 0 amide bonds. The summed E-state index contributed by atoms with van der Waals surface area (Å²) >= 11 is 0. The van der Waals surface area contributed by atoms with Gasteiger partial charge >= 0.3 is 0 Å². The lowest BCUT2D eigenvalue weighted by molar-refractivity contribution is -0.924. The monoisotopic (exact) mass is 286 g/mol. The van der Waals surface area contributed by atoms with Crippen LogP contribution in [0.5, 0.6) is 5.88 Å². The number of nitrogens with one attached hydrogen (secondary N) is 1. The molecule has 21 heavy (non-hydrogen) atoms. The average Bonchev–Trinajstić information content (AvgIpc) is 2.53. The molecule has 1 N–H and O–H groups in total. The van der Waals surface area contributed by atoms with E-state index in [-0.39, 0.29) is 11.4 Å². The van der Waals surface area contributed by atoms with E-state index in [0.29, 0.717) is 6.67 Å². The largest absolute Gasteiger partial charge is 0.857 e. The highest BCUT2D eigenvalue weighted by Gasteiger charge is 2.20. The second-order valence-corrected chi connectivity index (χ2v) is 5.24. The number of hydrogen-bond donors (Lipinski definition) is 1. The SMILES string of the molecule is O=c1ccc([O-])nn1C[NH+]1CCN(c2ccccc2)CC1. The lowest BCUT2D eigenvalue weighted by Gasteiger charge is -2.33. The highest BCUT2D eigenvalue weighted by atomic mass is 16.3. The lowest BCUT2D eigenvalue weighted by Crippen LogP contribution is -3.14. The van der Waals surface area contributed by atoms with Gasteiger partial charge in [0.15, 0.2) is 6.67 Å². The zero-order valence-electron chi connectivity index (χ0n) is 11.7. The first-order valence-corrected chi connectivity index (χ1v) is 7.11. The number of anilines is 1. The van der Waals surface area contributed by atoms with Crippen LogP contribution < -0.4 is 20.5 Å². The van der Waals surface area contributed by atoms with Crippen molar-refractivity contribution in [3.63, 3.8) is 0 Å². The van der Waals surface area contributed by atoms with Crippen LogP contribution in [0, 0.1) is 0 Å². The van der Waals surface area contributed by atoms with Crippen LogP contribution in [0.2, 0.25) is 0 Å². The molecule has 110 valence electrons. The predicted octanol–water partition coefficient (Wildman–Crippen LogP) is -1.32. The number of hydrogen-bond acceptors (Lipinski definition) is 4. The van der Waals surface area contributed by atoms with Crippen LogP contribution in [0.4, 0.5) is 5.69 Å². The van der Waals surface area contributed by atoms with Crippen molar-refractivity contribution in [3.8, 4) is 5.88 Å². The lowest BCUT2D eigenvalue weighted by atomic mass is 10.2. The summed E-state index contributed by atoms with van der Waals surface area (Å²) in [6.45, 7) is 4.17. The van der Waals surface area contributed by atoms with Gasteiger partial charge in [0.05, 0.1) is 26.2 Å². The molecule has 1 aliphatic heterocycles. The van der Waals surface area contributed by atoms with E-state index in [9.17, 15) is 9.90 Å². The fraction of sp³-hybridized carbons (Fsp3) is 0.333. The molecule has 0 saturated carbocycles. The summed E-state index contributed by atoms with van der Waals surface area (Å²) in [6, 6.07) is 12.8. The quantitative estimate of drug-likeness (QED) is 0.760. The van der Waals surface area contributed by atoms with E-state index >= 15 is 0 Å². The van der Waals surface area contributed by atoms with Crippen molar-refractivity contribution >= 4 is 5.69 Å². The molecule has 0 aliphatic carbocycles. The molecule has 2 aromatic rings. The van der Waals surface area contributed by atoms with E-state index in [1.54, 1.807) is 0 Å². The molecular formula is C15H18N4O2. The van der Waals surface area contributed by atoms with Crippen LogP contribution in [-0.4, -0.2) is 36.0 Å². The van der Waals surface area contributed by atoms with E-state index in [0.717, 1.165) is 26.2 Å². The van der Waals surface area contributed by atoms with Gasteiger partial charge in [-0.2, -0.15) is 9.78 Å². The number of quaternary nitrogens is 1. The Morgan fingerprint density at radius 1 is 1.10 bits per heavy atom. The molecule has 2 heterocycles. The number of nitrogens with zero attached hydrogens (tertiary/aromatic N) is 3. The molecular weight excluding hydrogens is 268 g/mol. The van der Waals surface area contributed by atoms with Crippen molar-refractivity contribution in [2.45, 2.75) is 6.67 Å². The van der Waals surface area contributed by atoms with Gasteiger partial charge in [-0.15, -0.1) is 0 Å². The van der Waals surface area contributed by atoms with Crippen molar-refractivity contribution < 1.29 is 10.0 Å². The zero-order valence-corrected chi connectivity index (χ0v) is 11.7. The van der Waals surface area contributed by atoms with Gasteiger partial charge in [-0.05, 0) is 18.2 Å². The third-order valence-electron chi connectivity index (χ3n) is 3.81. The normalized spacial score (nSPS) is 16.1. The summed E-state index contributed by atoms with van der Waals surface area (Å²) in [4.78, 5) is 15.3. The van der Waals surface area contributed by atoms with Gasteiger partial charge in [-0.25, -0.2) is 0 Å². The predicted molar refractivity (Wildman–Crippen MR) is 77.3 cm³/mol. The van der Waals surface area contributed by atoms with E-state index in [4.69, 9.17) is 0 Å². The minimum absolute atomic E-state index is 0.215. The molecule has 1 aromatic heterocycles. The molecule has 0 atom stereocenters. The maximum absolute atomic E-state index is 11.7. The van der Waals surface area contributed by atoms with Crippen molar-refractivity contribution in [1.82, 2.24) is 9.78 Å². The van der Waals surface area contributed by atoms with Gasteiger partial charge < -0.3 is 14.9 Å². The first-order chi connectivity index (χ1) is 10.2. The van der Waals surface area contributed by atoms with Crippen LogP contribution in [0.3, 0.4) is 0 Å². The number of piperazine rings is 1. The molecule has 1 saturated heterocycles. The zero-order chi connectivity index (χ0) is 14.7. The minimum Gasteiger partial charge on any atom is -0.857 e. The van der Waals surface area contributed by atoms with Gasteiger partial charge in [0, 0.05) is 17.6 Å². The van der Waals surface area contributed by atoms with E-state index in [1.807, 2.05) is 18.2 Å². The van der Waals surface area contributed by atoms with Crippen LogP contribution in [0.15, 0.2) is 47.3 Å². The summed E-state index contributed by atoms with van der Waals surface area (Å²) < 4.78 is 1.27. The van der Waals surface area contributed by atoms with Crippen LogP contribution in [0.25, 0.3) is 0 Å². The Kier molecular flexibility index (Phi) is 3.87. The second kappa shape index (κ2) is 5.97.